The maximum Gasteiger partial charge on any atom is 0.168 e. The molecule has 98 valence electrons. The Kier molecular flexibility index (Phi) is 4.33. The minimum atomic E-state index is -1.88. The van der Waals surface area contributed by atoms with Gasteiger partial charge < -0.3 is 10.2 Å². The van der Waals surface area contributed by atoms with Crippen LogP contribution in [0.3, 0.4) is 0 Å². The molecular formula is C12H10F4O2. The molecule has 1 aromatic carbocycles. The van der Waals surface area contributed by atoms with Gasteiger partial charge in [0.25, 0.3) is 0 Å². The molecular weight excluding hydrogens is 252 g/mol. The monoisotopic (exact) mass is 262 g/mol. The van der Waals surface area contributed by atoms with Gasteiger partial charge in [-0.05, 0) is 6.92 Å². The van der Waals surface area contributed by atoms with Crippen LogP contribution in [0.1, 0.15) is 24.2 Å². The van der Waals surface area contributed by atoms with Crippen LogP contribution in [0, 0.1) is 41.5 Å². The van der Waals surface area contributed by atoms with E-state index < -0.39 is 53.0 Å². The molecule has 0 fully saturated rings. The van der Waals surface area contributed by atoms with Crippen molar-refractivity contribution in [2.45, 2.75) is 19.6 Å². The van der Waals surface area contributed by atoms with Crippen molar-refractivity contribution in [3.8, 4) is 12.3 Å². The van der Waals surface area contributed by atoms with Crippen LogP contribution in [-0.4, -0.2) is 10.2 Å². The fraction of sp³-hybridized carbons (Fsp3) is 0.333. The first kappa shape index (κ1) is 14.5. The highest BCUT2D eigenvalue weighted by atomic mass is 19.2. The molecule has 0 aliphatic rings. The number of hydrogen-bond donors (Lipinski definition) is 2. The van der Waals surface area contributed by atoms with Gasteiger partial charge in [-0.15, -0.1) is 12.3 Å². The molecule has 0 spiro atoms. The van der Waals surface area contributed by atoms with Crippen molar-refractivity contribution in [3.63, 3.8) is 0 Å². The summed E-state index contributed by atoms with van der Waals surface area (Å²) < 4.78 is 53.7. The standard InChI is InChI=1S/C12H10F4O2/c1-3-5(2)12(18)7-10(15)8(13)6(4-17)9(14)11(7)16/h1,5,12,17-18H,4H2,2H3. The summed E-state index contributed by atoms with van der Waals surface area (Å²) >= 11 is 0. The smallest absolute Gasteiger partial charge is 0.168 e. The second kappa shape index (κ2) is 5.38. The molecule has 18 heavy (non-hydrogen) atoms. The summed E-state index contributed by atoms with van der Waals surface area (Å²) in [6.45, 7) is 0.0614. The zero-order chi connectivity index (χ0) is 14.0. The van der Waals surface area contributed by atoms with Gasteiger partial charge in [-0.1, -0.05) is 0 Å². The summed E-state index contributed by atoms with van der Waals surface area (Å²) in [6.07, 6.45) is 3.08. The predicted octanol–water partition coefficient (Wildman–Crippen LogP) is 2.04. The van der Waals surface area contributed by atoms with E-state index in [0.29, 0.717) is 0 Å². The third kappa shape index (κ3) is 2.19. The second-order valence-electron chi connectivity index (χ2n) is 3.71. The molecule has 0 saturated carbocycles. The van der Waals surface area contributed by atoms with Crippen LogP contribution in [0.2, 0.25) is 0 Å². The summed E-state index contributed by atoms with van der Waals surface area (Å²) in [5, 5.41) is 18.2. The van der Waals surface area contributed by atoms with E-state index in [4.69, 9.17) is 11.5 Å². The summed E-state index contributed by atoms with van der Waals surface area (Å²) in [5.74, 6) is -6.02. The van der Waals surface area contributed by atoms with Crippen LogP contribution in [-0.2, 0) is 6.61 Å². The van der Waals surface area contributed by atoms with Crippen LogP contribution in [0.25, 0.3) is 0 Å². The number of halogens is 4. The van der Waals surface area contributed by atoms with Gasteiger partial charge in [0.05, 0.1) is 23.8 Å². The molecule has 1 aromatic rings. The van der Waals surface area contributed by atoms with Gasteiger partial charge in [-0.2, -0.15) is 0 Å². The fourth-order valence-electron chi connectivity index (χ4n) is 1.43. The van der Waals surface area contributed by atoms with Crippen molar-refractivity contribution in [1.29, 1.82) is 0 Å². The third-order valence-corrected chi connectivity index (χ3v) is 2.58. The first-order valence-corrected chi connectivity index (χ1v) is 4.96. The average Bonchev–Trinajstić information content (AvgIpc) is 2.36. The van der Waals surface area contributed by atoms with Crippen LogP contribution < -0.4 is 0 Å². The maximum atomic E-state index is 13.5. The van der Waals surface area contributed by atoms with Crippen molar-refractivity contribution >= 4 is 0 Å². The summed E-state index contributed by atoms with van der Waals surface area (Å²) in [6, 6.07) is 0. The van der Waals surface area contributed by atoms with E-state index in [-0.39, 0.29) is 0 Å². The molecule has 0 radical (unpaired) electrons. The lowest BCUT2D eigenvalue weighted by Gasteiger charge is -2.17. The minimum absolute atomic E-state index is 1.03. The quantitative estimate of drug-likeness (QED) is 0.497. The Morgan fingerprint density at radius 3 is 1.89 bits per heavy atom. The lowest BCUT2D eigenvalue weighted by Crippen LogP contribution is -2.16. The van der Waals surface area contributed by atoms with Gasteiger partial charge in [-0.3, -0.25) is 0 Å². The Morgan fingerprint density at radius 1 is 1.11 bits per heavy atom. The largest absolute Gasteiger partial charge is 0.391 e. The first-order valence-electron chi connectivity index (χ1n) is 4.96. The normalized spacial score (nSPS) is 14.1. The molecule has 0 amide bonds. The molecule has 2 N–H and O–H groups in total. The predicted molar refractivity (Wildman–Crippen MR) is 55.2 cm³/mol. The molecule has 2 nitrogen and oxygen atoms in total. The van der Waals surface area contributed by atoms with Crippen molar-refractivity contribution in [1.82, 2.24) is 0 Å². The molecule has 0 aliphatic heterocycles. The molecule has 0 heterocycles. The van der Waals surface area contributed by atoms with Crippen molar-refractivity contribution in [2.75, 3.05) is 0 Å². The van der Waals surface area contributed by atoms with E-state index >= 15 is 0 Å². The van der Waals surface area contributed by atoms with Gasteiger partial charge in [0, 0.05) is 5.92 Å². The van der Waals surface area contributed by atoms with Gasteiger partial charge in [-0.25, -0.2) is 17.6 Å². The Hall–Kier alpha value is -1.58. The number of aliphatic hydroxyl groups is 2. The van der Waals surface area contributed by atoms with Crippen molar-refractivity contribution in [3.05, 3.63) is 34.4 Å². The van der Waals surface area contributed by atoms with Crippen LogP contribution in [0.4, 0.5) is 17.6 Å². The Labute approximate surface area is 101 Å². The van der Waals surface area contributed by atoms with Gasteiger partial charge >= 0.3 is 0 Å². The van der Waals surface area contributed by atoms with Gasteiger partial charge in [0.1, 0.15) is 0 Å². The average molecular weight is 262 g/mol. The molecule has 6 heteroatoms. The van der Waals surface area contributed by atoms with E-state index in [0.717, 1.165) is 0 Å². The van der Waals surface area contributed by atoms with Gasteiger partial charge in [0.2, 0.25) is 0 Å². The second-order valence-corrected chi connectivity index (χ2v) is 3.71. The molecule has 0 aromatic heterocycles. The van der Waals surface area contributed by atoms with Crippen molar-refractivity contribution < 1.29 is 27.8 Å². The van der Waals surface area contributed by atoms with E-state index in [2.05, 4.69) is 0 Å². The summed E-state index contributed by atoms with van der Waals surface area (Å²) in [7, 11) is 0. The summed E-state index contributed by atoms with van der Waals surface area (Å²) in [4.78, 5) is 0. The molecule has 0 saturated heterocycles. The van der Waals surface area contributed by atoms with Crippen LogP contribution >= 0.6 is 0 Å². The van der Waals surface area contributed by atoms with E-state index in [1.54, 1.807) is 0 Å². The lowest BCUT2D eigenvalue weighted by atomic mass is 9.95. The SMILES string of the molecule is C#CC(C)C(O)c1c(F)c(F)c(CO)c(F)c1F. The maximum absolute atomic E-state index is 13.5. The highest BCUT2D eigenvalue weighted by Crippen LogP contribution is 2.31. The number of aliphatic hydroxyl groups excluding tert-OH is 2. The number of rotatable bonds is 3. The number of benzene rings is 1. The third-order valence-electron chi connectivity index (χ3n) is 2.58. The summed E-state index contributed by atoms with van der Waals surface area (Å²) in [5.41, 5.74) is -2.30. The molecule has 0 bridgehead atoms. The Morgan fingerprint density at radius 2 is 1.56 bits per heavy atom. The zero-order valence-corrected chi connectivity index (χ0v) is 9.35. The Bertz CT molecular complexity index is 479. The first-order chi connectivity index (χ1) is 8.36. The fourth-order valence-corrected chi connectivity index (χ4v) is 1.43. The highest BCUT2D eigenvalue weighted by Gasteiger charge is 2.30. The lowest BCUT2D eigenvalue weighted by molar-refractivity contribution is 0.131. The topological polar surface area (TPSA) is 40.5 Å². The molecule has 2 unspecified atom stereocenters. The number of hydrogen-bond acceptors (Lipinski definition) is 2. The van der Waals surface area contributed by atoms with Gasteiger partial charge in [0.15, 0.2) is 23.3 Å². The molecule has 0 aliphatic carbocycles. The molecule has 2 atom stereocenters. The van der Waals surface area contributed by atoms with E-state index in [9.17, 15) is 22.7 Å². The highest BCUT2D eigenvalue weighted by molar-refractivity contribution is 5.32. The van der Waals surface area contributed by atoms with Crippen LogP contribution in [0.5, 0.6) is 0 Å². The van der Waals surface area contributed by atoms with E-state index in [1.165, 1.54) is 6.92 Å². The Balaban J connectivity index is 3.53. The minimum Gasteiger partial charge on any atom is -0.391 e. The molecule has 1 rings (SSSR count). The van der Waals surface area contributed by atoms with Crippen LogP contribution in [0.15, 0.2) is 0 Å². The van der Waals surface area contributed by atoms with Crippen molar-refractivity contribution in [2.24, 2.45) is 5.92 Å². The zero-order valence-electron chi connectivity index (χ0n) is 9.35. The van der Waals surface area contributed by atoms with E-state index in [1.807, 2.05) is 5.92 Å². The number of terminal acetylenes is 1.